The van der Waals surface area contributed by atoms with Gasteiger partial charge in [0.2, 0.25) is 5.91 Å². The van der Waals surface area contributed by atoms with Crippen molar-refractivity contribution in [2.45, 2.75) is 18.6 Å². The van der Waals surface area contributed by atoms with Gasteiger partial charge in [0.25, 0.3) is 5.69 Å². The highest BCUT2D eigenvalue weighted by Gasteiger charge is 2.18. The first kappa shape index (κ1) is 23.3. The van der Waals surface area contributed by atoms with Crippen LogP contribution in [0, 0.1) is 10.1 Å². The Labute approximate surface area is 193 Å². The average molecular weight is 474 g/mol. The van der Waals surface area contributed by atoms with Crippen LogP contribution >= 0.6 is 23.4 Å². The first-order valence-corrected chi connectivity index (χ1v) is 10.9. The van der Waals surface area contributed by atoms with E-state index in [2.05, 4.69) is 22.1 Å². The smallest absolute Gasteiger partial charge is 0.271 e. The van der Waals surface area contributed by atoms with E-state index < -0.39 is 4.92 Å². The molecule has 3 aromatic rings. The zero-order valence-corrected chi connectivity index (χ0v) is 18.7. The third-order valence-electron chi connectivity index (χ3n) is 4.22. The number of non-ortho nitro benzene ring substituents is 1. The lowest BCUT2D eigenvalue weighted by atomic mass is 10.2. The third-order valence-corrected chi connectivity index (χ3v) is 5.52. The van der Waals surface area contributed by atoms with E-state index in [0.29, 0.717) is 29.9 Å². The molecule has 0 aliphatic rings. The zero-order chi connectivity index (χ0) is 23.1. The number of nitrogens with zero attached hydrogens (tertiary/aromatic N) is 4. The van der Waals surface area contributed by atoms with Crippen molar-refractivity contribution in [1.82, 2.24) is 14.8 Å². The zero-order valence-electron chi connectivity index (χ0n) is 17.2. The number of anilines is 1. The number of carbonyl (C=O) groups excluding carboxylic acids is 1. The maximum atomic E-state index is 12.4. The molecule has 1 amide bonds. The van der Waals surface area contributed by atoms with Gasteiger partial charge in [-0.3, -0.25) is 19.5 Å². The summed E-state index contributed by atoms with van der Waals surface area (Å²) in [4.78, 5) is 22.8. The molecule has 0 spiro atoms. The Morgan fingerprint density at radius 3 is 2.84 bits per heavy atom. The molecule has 166 valence electrons. The monoisotopic (exact) mass is 473 g/mol. The van der Waals surface area contributed by atoms with Crippen LogP contribution in [0.15, 0.2) is 60.3 Å². The molecule has 1 heterocycles. The Kier molecular flexibility index (Phi) is 7.85. The van der Waals surface area contributed by atoms with Crippen molar-refractivity contribution in [3.63, 3.8) is 0 Å². The number of ether oxygens (including phenoxy) is 1. The number of rotatable bonds is 10. The summed E-state index contributed by atoms with van der Waals surface area (Å²) in [5.41, 5.74) is 0.786. The van der Waals surface area contributed by atoms with Gasteiger partial charge in [0.15, 0.2) is 11.0 Å². The normalized spacial score (nSPS) is 10.6. The van der Waals surface area contributed by atoms with Gasteiger partial charge in [0.1, 0.15) is 5.75 Å². The molecule has 0 atom stereocenters. The van der Waals surface area contributed by atoms with Crippen LogP contribution in [-0.2, 0) is 11.3 Å². The van der Waals surface area contributed by atoms with E-state index in [1.54, 1.807) is 6.08 Å². The second-order valence-electron chi connectivity index (χ2n) is 6.39. The highest BCUT2D eigenvalue weighted by atomic mass is 35.5. The summed E-state index contributed by atoms with van der Waals surface area (Å²) in [7, 11) is 0. The number of aromatic nitrogens is 3. The predicted molar refractivity (Wildman–Crippen MR) is 124 cm³/mol. The molecule has 1 N–H and O–H groups in total. The maximum Gasteiger partial charge on any atom is 0.271 e. The van der Waals surface area contributed by atoms with Crippen molar-refractivity contribution < 1.29 is 14.5 Å². The van der Waals surface area contributed by atoms with Crippen LogP contribution in [0.5, 0.6) is 5.75 Å². The van der Waals surface area contributed by atoms with Gasteiger partial charge in [-0.2, -0.15) is 0 Å². The molecule has 0 aliphatic heterocycles. The molecule has 11 heteroatoms. The Bertz CT molecular complexity index is 1150. The Morgan fingerprint density at radius 2 is 2.12 bits per heavy atom. The van der Waals surface area contributed by atoms with Crippen molar-refractivity contribution >= 4 is 40.6 Å². The van der Waals surface area contributed by atoms with Gasteiger partial charge >= 0.3 is 0 Å². The Balaban J connectivity index is 1.77. The first-order valence-electron chi connectivity index (χ1n) is 9.57. The number of halogens is 1. The van der Waals surface area contributed by atoms with Gasteiger partial charge in [-0.05, 0) is 25.1 Å². The van der Waals surface area contributed by atoms with Crippen LogP contribution in [-0.4, -0.2) is 38.0 Å². The number of hydrogen-bond acceptors (Lipinski definition) is 7. The first-order chi connectivity index (χ1) is 15.4. The molecule has 0 saturated carbocycles. The number of thioether (sulfide) groups is 1. The molecule has 0 bridgehead atoms. The minimum Gasteiger partial charge on any atom is -0.493 e. The summed E-state index contributed by atoms with van der Waals surface area (Å²) in [6.07, 6.45) is 1.71. The van der Waals surface area contributed by atoms with Gasteiger partial charge in [0, 0.05) is 18.7 Å². The number of nitrogens with one attached hydrogen (secondary N) is 1. The van der Waals surface area contributed by atoms with Crippen molar-refractivity contribution in [3.8, 4) is 17.1 Å². The summed E-state index contributed by atoms with van der Waals surface area (Å²) in [5.74, 6) is 0.893. The van der Waals surface area contributed by atoms with E-state index in [0.717, 1.165) is 5.56 Å². The van der Waals surface area contributed by atoms with Crippen LogP contribution in [0.25, 0.3) is 11.4 Å². The highest BCUT2D eigenvalue weighted by molar-refractivity contribution is 7.99. The summed E-state index contributed by atoms with van der Waals surface area (Å²) >= 11 is 7.22. The van der Waals surface area contributed by atoms with Crippen molar-refractivity contribution in [2.75, 3.05) is 17.7 Å². The van der Waals surface area contributed by atoms with E-state index in [1.807, 2.05) is 35.8 Å². The second kappa shape index (κ2) is 10.8. The van der Waals surface area contributed by atoms with Crippen LogP contribution in [0.4, 0.5) is 11.4 Å². The minimum absolute atomic E-state index is 0.00139. The summed E-state index contributed by atoms with van der Waals surface area (Å²) in [5, 5.41) is 22.8. The molecule has 0 radical (unpaired) electrons. The van der Waals surface area contributed by atoms with Crippen LogP contribution in [0.2, 0.25) is 5.02 Å². The molecule has 32 heavy (non-hydrogen) atoms. The molecule has 0 fully saturated rings. The minimum atomic E-state index is -0.555. The van der Waals surface area contributed by atoms with E-state index in [-0.39, 0.29) is 28.1 Å². The molecule has 3 rings (SSSR count). The number of nitro groups is 1. The van der Waals surface area contributed by atoms with Crippen molar-refractivity contribution in [2.24, 2.45) is 0 Å². The molecule has 0 unspecified atom stereocenters. The standard InChI is InChI=1S/C21H20ClN5O4S/c1-3-11-26-20(15-7-5-6-8-18(15)31-4-2)24-25-21(26)32-13-19(28)23-17-12-14(27(29)30)9-10-16(17)22/h3,5-10,12H,1,4,11,13H2,2H3,(H,23,28). The lowest BCUT2D eigenvalue weighted by Crippen LogP contribution is -2.15. The van der Waals surface area contributed by atoms with Gasteiger partial charge in [-0.1, -0.05) is 41.6 Å². The Hall–Kier alpha value is -3.37. The van der Waals surface area contributed by atoms with Crippen LogP contribution < -0.4 is 10.1 Å². The number of allylic oxidation sites excluding steroid dienone is 1. The number of para-hydroxylation sites is 1. The quantitative estimate of drug-likeness (QED) is 0.194. The van der Waals surface area contributed by atoms with Gasteiger partial charge < -0.3 is 10.1 Å². The molecular weight excluding hydrogens is 454 g/mol. The largest absolute Gasteiger partial charge is 0.493 e. The number of hydrogen-bond donors (Lipinski definition) is 1. The number of benzene rings is 2. The topological polar surface area (TPSA) is 112 Å². The van der Waals surface area contributed by atoms with Gasteiger partial charge in [-0.25, -0.2) is 0 Å². The number of carbonyl (C=O) groups is 1. The summed E-state index contributed by atoms with van der Waals surface area (Å²) < 4.78 is 7.53. The average Bonchev–Trinajstić information content (AvgIpc) is 3.17. The van der Waals surface area contributed by atoms with E-state index in [9.17, 15) is 14.9 Å². The van der Waals surface area contributed by atoms with E-state index >= 15 is 0 Å². The summed E-state index contributed by atoms with van der Waals surface area (Å²) in [6.45, 7) is 6.63. The van der Waals surface area contributed by atoms with Gasteiger partial charge in [0.05, 0.1) is 33.6 Å². The fourth-order valence-electron chi connectivity index (χ4n) is 2.86. The van der Waals surface area contributed by atoms with Gasteiger partial charge in [-0.15, -0.1) is 16.8 Å². The second-order valence-corrected chi connectivity index (χ2v) is 7.74. The SMILES string of the molecule is C=CCn1c(SCC(=O)Nc2cc([N+](=O)[O-])ccc2Cl)nnc1-c1ccccc1OCC. The predicted octanol–water partition coefficient (Wildman–Crippen LogP) is 4.82. The van der Waals surface area contributed by atoms with Crippen LogP contribution in [0.1, 0.15) is 6.92 Å². The lowest BCUT2D eigenvalue weighted by Gasteiger charge is -2.11. The Morgan fingerprint density at radius 1 is 1.34 bits per heavy atom. The molecule has 2 aromatic carbocycles. The molecular formula is C21H20ClN5O4S. The van der Waals surface area contributed by atoms with E-state index in [4.69, 9.17) is 16.3 Å². The lowest BCUT2D eigenvalue weighted by molar-refractivity contribution is -0.384. The molecule has 0 saturated heterocycles. The fraction of sp³-hybridized carbons (Fsp3) is 0.190. The van der Waals surface area contributed by atoms with E-state index in [1.165, 1.54) is 30.0 Å². The number of nitro benzene ring substituents is 1. The molecule has 9 nitrogen and oxygen atoms in total. The number of amides is 1. The van der Waals surface area contributed by atoms with Crippen LogP contribution in [0.3, 0.4) is 0 Å². The third kappa shape index (κ3) is 5.45. The highest BCUT2D eigenvalue weighted by Crippen LogP contribution is 2.31. The van der Waals surface area contributed by atoms with Crippen molar-refractivity contribution in [3.05, 3.63) is 70.3 Å². The van der Waals surface area contributed by atoms with Crippen molar-refractivity contribution in [1.29, 1.82) is 0 Å². The molecule has 1 aromatic heterocycles. The fourth-order valence-corrected chi connectivity index (χ4v) is 3.77. The summed E-state index contributed by atoms with van der Waals surface area (Å²) in [6, 6.07) is 11.4. The molecule has 0 aliphatic carbocycles. The maximum absolute atomic E-state index is 12.4.